The molecule has 6 heteroatoms. The van der Waals surface area contributed by atoms with Gasteiger partial charge in [-0.3, -0.25) is 9.59 Å². The van der Waals surface area contributed by atoms with Gasteiger partial charge in [-0.25, -0.2) is 0 Å². The van der Waals surface area contributed by atoms with E-state index in [1.54, 1.807) is 0 Å². The van der Waals surface area contributed by atoms with E-state index in [2.05, 4.69) is 43.5 Å². The highest BCUT2D eigenvalue weighted by molar-refractivity contribution is 5.76. The van der Waals surface area contributed by atoms with Crippen molar-refractivity contribution in [1.29, 1.82) is 0 Å². The van der Waals surface area contributed by atoms with E-state index in [1.165, 1.54) is 257 Å². The molecule has 68 heavy (non-hydrogen) atoms. The van der Waals surface area contributed by atoms with Gasteiger partial charge in [0.15, 0.2) is 0 Å². The van der Waals surface area contributed by atoms with Crippen molar-refractivity contribution in [3.8, 4) is 0 Å². The molecule has 0 saturated carbocycles. The van der Waals surface area contributed by atoms with Crippen LogP contribution in [0.3, 0.4) is 0 Å². The van der Waals surface area contributed by atoms with Crippen LogP contribution in [-0.4, -0.2) is 47.4 Å². The Labute approximate surface area is 424 Å². The van der Waals surface area contributed by atoms with Gasteiger partial charge in [-0.1, -0.05) is 276 Å². The molecule has 0 aromatic heterocycles. The molecule has 0 fully saturated rings. The Balaban J connectivity index is 3.34. The standard InChI is InChI=1S/C62H119NO5/c1-3-5-7-9-11-13-35-40-44-48-52-56-62(67)68-57-53-49-45-41-37-34-32-30-28-26-24-22-20-18-16-15-17-19-21-23-25-27-29-31-33-36-39-43-47-51-55-61(66)63-59(58-64)60(65)54-50-46-42-38-14-12-10-8-6-4-2/h9,11,16,18,59-60,64-65H,3-8,10,12-15,17,19-58H2,1-2H3,(H,63,66)/b11-9-,18-16-. The molecule has 3 N–H and O–H groups in total. The summed E-state index contributed by atoms with van der Waals surface area (Å²) in [4.78, 5) is 24.4. The summed E-state index contributed by atoms with van der Waals surface area (Å²) < 4.78 is 5.46. The summed E-state index contributed by atoms with van der Waals surface area (Å²) in [5.74, 6) is -0.0282. The first-order valence-electron chi connectivity index (χ1n) is 30.6. The zero-order chi connectivity index (χ0) is 49.3. The van der Waals surface area contributed by atoms with Gasteiger partial charge in [-0.05, 0) is 70.6 Å². The zero-order valence-electron chi connectivity index (χ0n) is 45.9. The second kappa shape index (κ2) is 57.9. The fraction of sp³-hybridized carbons (Fsp3) is 0.903. The fourth-order valence-electron chi connectivity index (χ4n) is 9.50. The van der Waals surface area contributed by atoms with Crippen molar-refractivity contribution in [2.45, 2.75) is 347 Å². The van der Waals surface area contributed by atoms with Gasteiger partial charge in [0.2, 0.25) is 5.91 Å². The number of amides is 1. The molecule has 0 saturated heterocycles. The van der Waals surface area contributed by atoms with Crippen LogP contribution in [0.2, 0.25) is 0 Å². The molecule has 402 valence electrons. The normalized spacial score (nSPS) is 12.7. The minimum Gasteiger partial charge on any atom is -0.466 e. The number of carbonyl (C=O) groups excluding carboxylic acids is 2. The maximum absolute atomic E-state index is 12.4. The van der Waals surface area contributed by atoms with Gasteiger partial charge in [-0.2, -0.15) is 0 Å². The van der Waals surface area contributed by atoms with Crippen molar-refractivity contribution in [2.24, 2.45) is 0 Å². The number of ether oxygens (including phenoxy) is 1. The minimum atomic E-state index is -0.661. The lowest BCUT2D eigenvalue weighted by Gasteiger charge is -2.22. The highest BCUT2D eigenvalue weighted by Crippen LogP contribution is 2.17. The molecule has 0 aromatic rings. The minimum absolute atomic E-state index is 0.00596. The van der Waals surface area contributed by atoms with Crippen LogP contribution in [0, 0.1) is 0 Å². The second-order valence-corrected chi connectivity index (χ2v) is 21.0. The summed E-state index contributed by atoms with van der Waals surface area (Å²) >= 11 is 0. The molecule has 0 aromatic carbocycles. The SMILES string of the molecule is CCCC/C=C\CCCCCCCC(=O)OCCCCCCCCCCCCCC/C=C\CCCCCCCCCCCCCCCCC(=O)NC(CO)C(O)CCCCCCCCCCCC. The van der Waals surface area contributed by atoms with Crippen LogP contribution in [0.1, 0.15) is 335 Å². The lowest BCUT2D eigenvalue weighted by atomic mass is 10.0. The molecule has 2 atom stereocenters. The van der Waals surface area contributed by atoms with E-state index in [1.807, 2.05) is 0 Å². The molecule has 2 unspecified atom stereocenters. The Hall–Kier alpha value is -1.66. The Morgan fingerprint density at radius 3 is 1.09 bits per heavy atom. The van der Waals surface area contributed by atoms with Gasteiger partial charge >= 0.3 is 5.97 Å². The topological polar surface area (TPSA) is 95.9 Å². The van der Waals surface area contributed by atoms with Crippen molar-refractivity contribution >= 4 is 11.9 Å². The van der Waals surface area contributed by atoms with Crippen LogP contribution in [0.5, 0.6) is 0 Å². The lowest BCUT2D eigenvalue weighted by molar-refractivity contribution is -0.143. The van der Waals surface area contributed by atoms with E-state index < -0.39 is 12.1 Å². The smallest absolute Gasteiger partial charge is 0.305 e. The van der Waals surface area contributed by atoms with Crippen molar-refractivity contribution in [1.82, 2.24) is 5.32 Å². The summed E-state index contributed by atoms with van der Waals surface area (Å²) in [6, 6.07) is -0.538. The van der Waals surface area contributed by atoms with Gasteiger partial charge in [0.25, 0.3) is 0 Å². The second-order valence-electron chi connectivity index (χ2n) is 21.0. The maximum atomic E-state index is 12.4. The Morgan fingerprint density at radius 1 is 0.397 bits per heavy atom. The first kappa shape index (κ1) is 66.3. The van der Waals surface area contributed by atoms with Crippen LogP contribution in [0.25, 0.3) is 0 Å². The fourth-order valence-corrected chi connectivity index (χ4v) is 9.50. The number of carbonyl (C=O) groups is 2. The summed E-state index contributed by atoms with van der Waals surface area (Å²) in [5.41, 5.74) is 0. The van der Waals surface area contributed by atoms with E-state index in [4.69, 9.17) is 4.74 Å². The van der Waals surface area contributed by atoms with Crippen LogP contribution in [0.4, 0.5) is 0 Å². The number of hydrogen-bond acceptors (Lipinski definition) is 5. The van der Waals surface area contributed by atoms with E-state index in [0.717, 1.165) is 44.9 Å². The van der Waals surface area contributed by atoms with Gasteiger partial charge in [0.1, 0.15) is 0 Å². The Bertz CT molecular complexity index is 1060. The van der Waals surface area contributed by atoms with Gasteiger partial charge in [0.05, 0.1) is 25.4 Å². The van der Waals surface area contributed by atoms with Crippen molar-refractivity contribution in [2.75, 3.05) is 13.2 Å². The highest BCUT2D eigenvalue weighted by atomic mass is 16.5. The number of aliphatic hydroxyl groups is 2. The first-order valence-corrected chi connectivity index (χ1v) is 30.6. The molecule has 0 aliphatic rings. The maximum Gasteiger partial charge on any atom is 0.305 e. The number of esters is 1. The largest absolute Gasteiger partial charge is 0.466 e. The molecular formula is C62H119NO5. The average Bonchev–Trinajstić information content (AvgIpc) is 3.34. The monoisotopic (exact) mass is 958 g/mol. The zero-order valence-corrected chi connectivity index (χ0v) is 45.9. The summed E-state index contributed by atoms with van der Waals surface area (Å²) in [6.07, 6.45) is 70.6. The molecule has 0 bridgehead atoms. The number of aliphatic hydroxyl groups excluding tert-OH is 2. The number of rotatable bonds is 57. The van der Waals surface area contributed by atoms with Gasteiger partial charge in [0, 0.05) is 12.8 Å². The number of unbranched alkanes of at least 4 members (excludes halogenated alkanes) is 42. The first-order chi connectivity index (χ1) is 33.5. The van der Waals surface area contributed by atoms with Crippen LogP contribution in [0.15, 0.2) is 24.3 Å². The molecule has 0 heterocycles. The molecule has 0 rings (SSSR count). The number of hydrogen-bond donors (Lipinski definition) is 3. The van der Waals surface area contributed by atoms with Crippen LogP contribution < -0.4 is 5.32 Å². The Morgan fingerprint density at radius 2 is 0.706 bits per heavy atom. The van der Waals surface area contributed by atoms with Crippen molar-refractivity contribution in [3.63, 3.8) is 0 Å². The van der Waals surface area contributed by atoms with Gasteiger partial charge in [-0.15, -0.1) is 0 Å². The van der Waals surface area contributed by atoms with E-state index in [-0.39, 0.29) is 18.5 Å². The van der Waals surface area contributed by atoms with Crippen molar-refractivity contribution in [3.05, 3.63) is 24.3 Å². The summed E-state index contributed by atoms with van der Waals surface area (Å²) in [5, 5.41) is 23.2. The molecule has 1 amide bonds. The van der Waals surface area contributed by atoms with E-state index >= 15 is 0 Å². The molecule has 0 radical (unpaired) electrons. The molecule has 0 aliphatic heterocycles. The van der Waals surface area contributed by atoms with E-state index in [0.29, 0.717) is 25.9 Å². The Kier molecular flexibility index (Phi) is 56.5. The predicted octanol–water partition coefficient (Wildman–Crippen LogP) is 19.0. The quantitative estimate of drug-likeness (QED) is 0.0321. The molecule has 0 aliphatic carbocycles. The van der Waals surface area contributed by atoms with E-state index in [9.17, 15) is 19.8 Å². The van der Waals surface area contributed by atoms with Crippen LogP contribution >= 0.6 is 0 Å². The molecule has 6 nitrogen and oxygen atoms in total. The van der Waals surface area contributed by atoms with Gasteiger partial charge < -0.3 is 20.3 Å². The average molecular weight is 959 g/mol. The molecule has 0 spiro atoms. The van der Waals surface area contributed by atoms with Crippen molar-refractivity contribution < 1.29 is 24.5 Å². The third-order valence-corrected chi connectivity index (χ3v) is 14.2. The van der Waals surface area contributed by atoms with Crippen LogP contribution in [-0.2, 0) is 14.3 Å². The summed E-state index contributed by atoms with van der Waals surface area (Å²) in [7, 11) is 0. The molecular weight excluding hydrogens is 839 g/mol. The number of allylic oxidation sites excluding steroid dienone is 4. The third kappa shape index (κ3) is 53.7. The predicted molar refractivity (Wildman–Crippen MR) is 296 cm³/mol. The lowest BCUT2D eigenvalue weighted by Crippen LogP contribution is -2.45. The summed E-state index contributed by atoms with van der Waals surface area (Å²) in [6.45, 7) is 4.91. The highest BCUT2D eigenvalue weighted by Gasteiger charge is 2.20. The third-order valence-electron chi connectivity index (χ3n) is 14.2. The number of nitrogens with one attached hydrogen (secondary N) is 1.